The molecule has 1 saturated heterocycles. The number of hydrogen-bond acceptors (Lipinski definition) is 4. The van der Waals surface area contributed by atoms with Crippen molar-refractivity contribution in [2.75, 3.05) is 32.0 Å². The first-order chi connectivity index (χ1) is 15.1. The topological polar surface area (TPSA) is 86.8 Å². The molecule has 2 amide bonds. The van der Waals surface area contributed by atoms with Gasteiger partial charge in [-0.05, 0) is 61.2 Å². The molecular formula is C22H25Cl2N3O4S. The summed E-state index contributed by atoms with van der Waals surface area (Å²) in [6.45, 7) is 2.93. The summed E-state index contributed by atoms with van der Waals surface area (Å²) in [6.07, 6.45) is 1.68. The van der Waals surface area contributed by atoms with Crippen molar-refractivity contribution in [2.45, 2.75) is 24.7 Å². The van der Waals surface area contributed by atoms with E-state index in [0.717, 1.165) is 12.8 Å². The summed E-state index contributed by atoms with van der Waals surface area (Å²) >= 11 is 11.8. The molecule has 1 heterocycles. The van der Waals surface area contributed by atoms with Crippen molar-refractivity contribution in [2.24, 2.45) is 5.92 Å². The van der Waals surface area contributed by atoms with Crippen LogP contribution in [0.3, 0.4) is 0 Å². The predicted molar refractivity (Wildman–Crippen MR) is 126 cm³/mol. The highest BCUT2D eigenvalue weighted by atomic mass is 35.5. The minimum atomic E-state index is -3.58. The molecule has 0 aliphatic carbocycles. The number of amides is 2. The maximum Gasteiger partial charge on any atom is 0.254 e. The first kappa shape index (κ1) is 24.5. The van der Waals surface area contributed by atoms with E-state index in [9.17, 15) is 18.0 Å². The number of anilines is 1. The smallest absolute Gasteiger partial charge is 0.254 e. The average Bonchev–Trinajstić information content (AvgIpc) is 2.76. The molecule has 0 saturated carbocycles. The fraction of sp³-hybridized carbons (Fsp3) is 0.364. The highest BCUT2D eigenvalue weighted by Gasteiger charge is 2.28. The van der Waals surface area contributed by atoms with Crippen LogP contribution in [0, 0.1) is 5.92 Å². The zero-order valence-corrected chi connectivity index (χ0v) is 20.2. The number of nitrogens with zero attached hydrogens (tertiary/aromatic N) is 2. The lowest BCUT2D eigenvalue weighted by Gasteiger charge is -2.29. The maximum atomic E-state index is 12.8. The monoisotopic (exact) mass is 497 g/mol. The van der Waals surface area contributed by atoms with E-state index in [1.165, 1.54) is 46.6 Å². The molecular weight excluding hydrogens is 473 g/mol. The second-order valence-corrected chi connectivity index (χ2v) is 10.7. The Balaban J connectivity index is 1.62. The number of likely N-dealkylation sites (N-methyl/N-ethyl adjacent to an activating group) is 1. The largest absolute Gasteiger partial charge is 0.332 e. The molecule has 0 bridgehead atoms. The molecule has 1 N–H and O–H groups in total. The lowest BCUT2D eigenvalue weighted by molar-refractivity contribution is -0.116. The molecule has 172 valence electrons. The van der Waals surface area contributed by atoms with Crippen LogP contribution in [0.15, 0.2) is 47.4 Å². The number of hydrogen-bond donors (Lipinski definition) is 1. The number of piperidine rings is 1. The zero-order chi connectivity index (χ0) is 23.5. The number of benzene rings is 2. The number of halogens is 2. The first-order valence-corrected chi connectivity index (χ1v) is 12.4. The van der Waals surface area contributed by atoms with Crippen LogP contribution in [0.25, 0.3) is 0 Å². The summed E-state index contributed by atoms with van der Waals surface area (Å²) in [5.41, 5.74) is 0.757. The molecule has 2 aromatic carbocycles. The second kappa shape index (κ2) is 10.2. The van der Waals surface area contributed by atoms with Crippen molar-refractivity contribution >= 4 is 50.7 Å². The van der Waals surface area contributed by atoms with Crippen LogP contribution < -0.4 is 5.32 Å². The SMILES string of the molecule is CC1CCN(S(=O)(=O)c2ccc(C(=O)N(C)CC(=O)Nc3ccc(Cl)c(Cl)c3)cc2)CC1. The van der Waals surface area contributed by atoms with Gasteiger partial charge in [0.1, 0.15) is 0 Å². The van der Waals surface area contributed by atoms with Gasteiger partial charge < -0.3 is 10.2 Å². The van der Waals surface area contributed by atoms with Crippen molar-refractivity contribution in [1.29, 1.82) is 0 Å². The highest BCUT2D eigenvalue weighted by molar-refractivity contribution is 7.89. The lowest BCUT2D eigenvalue weighted by Crippen LogP contribution is -2.38. The van der Waals surface area contributed by atoms with E-state index in [1.54, 1.807) is 12.1 Å². The van der Waals surface area contributed by atoms with Gasteiger partial charge in [0.25, 0.3) is 5.91 Å². The molecule has 1 fully saturated rings. The van der Waals surface area contributed by atoms with Crippen LogP contribution in [-0.2, 0) is 14.8 Å². The number of nitrogens with one attached hydrogen (secondary N) is 1. The molecule has 2 aromatic rings. The quantitative estimate of drug-likeness (QED) is 0.649. The molecule has 1 aliphatic heterocycles. The lowest BCUT2D eigenvalue weighted by atomic mass is 10.0. The summed E-state index contributed by atoms with van der Waals surface area (Å²) < 4.78 is 27.2. The number of rotatable bonds is 6. The summed E-state index contributed by atoms with van der Waals surface area (Å²) in [5, 5.41) is 3.34. The highest BCUT2D eigenvalue weighted by Crippen LogP contribution is 2.25. The van der Waals surface area contributed by atoms with Crippen LogP contribution >= 0.6 is 23.2 Å². The third kappa shape index (κ3) is 5.81. The van der Waals surface area contributed by atoms with Crippen molar-refractivity contribution < 1.29 is 18.0 Å². The molecule has 0 spiro atoms. The van der Waals surface area contributed by atoms with E-state index >= 15 is 0 Å². The molecule has 0 unspecified atom stereocenters. The summed E-state index contributed by atoms with van der Waals surface area (Å²) in [4.78, 5) is 26.4. The van der Waals surface area contributed by atoms with E-state index in [0.29, 0.717) is 40.3 Å². The standard InChI is InChI=1S/C22H25Cl2N3O4S/c1-15-9-11-27(12-10-15)32(30,31)18-6-3-16(4-7-18)22(29)26(2)14-21(28)25-17-5-8-19(23)20(24)13-17/h3-8,13,15H,9-12,14H2,1-2H3,(H,25,28). The Morgan fingerprint density at radius 1 is 1.06 bits per heavy atom. The van der Waals surface area contributed by atoms with Gasteiger partial charge in [0.05, 0.1) is 21.5 Å². The zero-order valence-electron chi connectivity index (χ0n) is 17.8. The van der Waals surface area contributed by atoms with E-state index in [2.05, 4.69) is 12.2 Å². The van der Waals surface area contributed by atoms with Crippen molar-refractivity contribution in [3.8, 4) is 0 Å². The van der Waals surface area contributed by atoms with E-state index < -0.39 is 21.8 Å². The Bertz CT molecular complexity index is 1100. The fourth-order valence-corrected chi connectivity index (χ4v) is 5.19. The predicted octanol–water partition coefficient (Wildman–Crippen LogP) is 4.12. The van der Waals surface area contributed by atoms with Crippen molar-refractivity contribution in [1.82, 2.24) is 9.21 Å². The number of carbonyl (C=O) groups excluding carboxylic acids is 2. The summed E-state index contributed by atoms with van der Waals surface area (Å²) in [5.74, 6) is -0.284. The Morgan fingerprint density at radius 3 is 2.28 bits per heavy atom. The van der Waals surface area contributed by atoms with Crippen LogP contribution in [0.1, 0.15) is 30.1 Å². The van der Waals surface area contributed by atoms with Crippen LogP contribution in [0.4, 0.5) is 5.69 Å². The van der Waals surface area contributed by atoms with Gasteiger partial charge in [0, 0.05) is 31.4 Å². The Morgan fingerprint density at radius 2 is 1.69 bits per heavy atom. The van der Waals surface area contributed by atoms with Gasteiger partial charge in [0.2, 0.25) is 15.9 Å². The molecule has 10 heteroatoms. The molecule has 0 radical (unpaired) electrons. The molecule has 32 heavy (non-hydrogen) atoms. The van der Waals surface area contributed by atoms with E-state index in [1.807, 2.05) is 0 Å². The van der Waals surface area contributed by atoms with Crippen LogP contribution in [0.5, 0.6) is 0 Å². The number of carbonyl (C=O) groups is 2. The summed E-state index contributed by atoms with van der Waals surface area (Å²) in [6, 6.07) is 10.5. The minimum Gasteiger partial charge on any atom is -0.332 e. The van der Waals surface area contributed by atoms with Crippen molar-refractivity contribution in [3.05, 3.63) is 58.1 Å². The van der Waals surface area contributed by atoms with E-state index in [-0.39, 0.29) is 11.4 Å². The molecule has 0 aromatic heterocycles. The Labute approximate surface area is 198 Å². The van der Waals surface area contributed by atoms with Gasteiger partial charge in [-0.25, -0.2) is 8.42 Å². The fourth-order valence-electron chi connectivity index (χ4n) is 3.43. The molecule has 3 rings (SSSR count). The molecule has 1 aliphatic rings. The van der Waals surface area contributed by atoms with Crippen LogP contribution in [0.2, 0.25) is 10.0 Å². The van der Waals surface area contributed by atoms with Gasteiger partial charge in [-0.15, -0.1) is 0 Å². The van der Waals surface area contributed by atoms with Gasteiger partial charge in [-0.1, -0.05) is 30.1 Å². The Kier molecular flexibility index (Phi) is 7.82. The third-order valence-electron chi connectivity index (χ3n) is 5.41. The number of sulfonamides is 1. The second-order valence-electron chi connectivity index (χ2n) is 7.95. The van der Waals surface area contributed by atoms with Gasteiger partial charge in [0.15, 0.2) is 0 Å². The summed E-state index contributed by atoms with van der Waals surface area (Å²) in [7, 11) is -2.09. The molecule has 0 atom stereocenters. The maximum absolute atomic E-state index is 12.8. The van der Waals surface area contributed by atoms with Gasteiger partial charge in [-0.2, -0.15) is 4.31 Å². The average molecular weight is 498 g/mol. The minimum absolute atomic E-state index is 0.156. The van der Waals surface area contributed by atoms with Crippen LogP contribution in [-0.4, -0.2) is 56.1 Å². The van der Waals surface area contributed by atoms with Gasteiger partial charge in [-0.3, -0.25) is 9.59 Å². The Hall–Kier alpha value is -2.13. The first-order valence-electron chi connectivity index (χ1n) is 10.2. The van der Waals surface area contributed by atoms with Crippen molar-refractivity contribution in [3.63, 3.8) is 0 Å². The van der Waals surface area contributed by atoms with E-state index in [4.69, 9.17) is 23.2 Å². The third-order valence-corrected chi connectivity index (χ3v) is 8.06. The molecule has 7 nitrogen and oxygen atoms in total. The van der Waals surface area contributed by atoms with Gasteiger partial charge >= 0.3 is 0 Å². The normalized spacial score (nSPS) is 15.4.